The molecule has 26 heavy (non-hydrogen) atoms. The minimum Gasteiger partial charge on any atom is -0.508 e. The number of aliphatic hydroxyl groups is 1. The van der Waals surface area contributed by atoms with E-state index in [0.29, 0.717) is 6.54 Å². The van der Waals surface area contributed by atoms with Crippen LogP contribution in [0.2, 0.25) is 0 Å². The van der Waals surface area contributed by atoms with Crippen LogP contribution in [-0.4, -0.2) is 43.2 Å². The van der Waals surface area contributed by atoms with E-state index in [-0.39, 0.29) is 5.75 Å². The molecule has 0 radical (unpaired) electrons. The maximum absolute atomic E-state index is 10.3. The summed E-state index contributed by atoms with van der Waals surface area (Å²) in [5, 5.41) is 30.3. The number of nitrogens with zero attached hydrogens (tertiary/aromatic N) is 4. The first kappa shape index (κ1) is 17.2. The van der Waals surface area contributed by atoms with E-state index in [9.17, 15) is 10.2 Å². The quantitative estimate of drug-likeness (QED) is 0.698. The van der Waals surface area contributed by atoms with E-state index in [1.165, 1.54) is 31.5 Å². The zero-order valence-corrected chi connectivity index (χ0v) is 15.3. The maximum atomic E-state index is 10.3. The Balaban J connectivity index is 1.41. The molecule has 2 aromatic heterocycles. The molecule has 4 rings (SSSR count). The van der Waals surface area contributed by atoms with Crippen LogP contribution in [-0.2, 0) is 13.1 Å². The molecule has 1 saturated heterocycles. The van der Waals surface area contributed by atoms with Crippen molar-refractivity contribution < 1.29 is 10.2 Å². The zero-order valence-electron chi connectivity index (χ0n) is 14.5. The van der Waals surface area contributed by atoms with Crippen LogP contribution in [0.1, 0.15) is 30.1 Å². The predicted octanol–water partition coefficient (Wildman–Crippen LogP) is 3.04. The molecule has 0 spiro atoms. The molecule has 1 atom stereocenters. The second-order valence-corrected chi connectivity index (χ2v) is 7.65. The molecule has 1 aromatic carbocycles. The Bertz CT molecular complexity index is 853. The van der Waals surface area contributed by atoms with Crippen LogP contribution in [0, 0.1) is 0 Å². The molecule has 6 nitrogen and oxygen atoms in total. The number of hydrogen-bond acceptors (Lipinski definition) is 6. The van der Waals surface area contributed by atoms with Crippen LogP contribution in [0.4, 0.5) is 0 Å². The summed E-state index contributed by atoms with van der Waals surface area (Å²) in [6, 6.07) is 8.75. The van der Waals surface area contributed by atoms with Crippen LogP contribution in [0.5, 0.6) is 5.75 Å². The second-order valence-electron chi connectivity index (χ2n) is 6.74. The molecule has 136 valence electrons. The Morgan fingerprint density at radius 3 is 2.69 bits per heavy atom. The zero-order chi connectivity index (χ0) is 17.9. The van der Waals surface area contributed by atoms with E-state index in [2.05, 4.69) is 26.7 Å². The van der Waals surface area contributed by atoms with Crippen LogP contribution >= 0.6 is 11.3 Å². The van der Waals surface area contributed by atoms with E-state index in [1.54, 1.807) is 40.3 Å². The summed E-state index contributed by atoms with van der Waals surface area (Å²) in [4.78, 5) is 3.58. The van der Waals surface area contributed by atoms with Gasteiger partial charge in [-0.05, 0) is 60.6 Å². The number of phenolic OH excluding ortho intramolecular Hbond substituents is 1. The Kier molecular flexibility index (Phi) is 5.01. The topological polar surface area (TPSA) is 74.4 Å². The lowest BCUT2D eigenvalue weighted by atomic mass is 10.1. The first-order chi connectivity index (χ1) is 12.7. The molecule has 1 aliphatic heterocycles. The van der Waals surface area contributed by atoms with Gasteiger partial charge in [0.25, 0.3) is 0 Å². The highest BCUT2D eigenvalue weighted by Gasteiger charge is 2.15. The van der Waals surface area contributed by atoms with Crippen molar-refractivity contribution in [1.82, 2.24) is 19.9 Å². The van der Waals surface area contributed by atoms with Crippen molar-refractivity contribution in [2.45, 2.75) is 32.0 Å². The fraction of sp³-hybridized carbons (Fsp3) is 0.368. The van der Waals surface area contributed by atoms with Gasteiger partial charge in [0.05, 0.1) is 23.7 Å². The van der Waals surface area contributed by atoms with E-state index in [1.807, 2.05) is 6.20 Å². The van der Waals surface area contributed by atoms with E-state index in [0.717, 1.165) is 22.7 Å². The molecule has 0 aliphatic carbocycles. The number of phenols is 1. The molecular formula is C19H22N4O2S. The molecule has 0 amide bonds. The maximum Gasteiger partial charge on any atom is 0.122 e. The average molecular weight is 370 g/mol. The highest BCUT2D eigenvalue weighted by atomic mass is 32.1. The molecule has 7 heteroatoms. The lowest BCUT2D eigenvalue weighted by molar-refractivity contribution is 0.150. The summed E-state index contributed by atoms with van der Waals surface area (Å²) in [6.07, 6.45) is 3.78. The van der Waals surface area contributed by atoms with Crippen LogP contribution in [0.25, 0.3) is 10.6 Å². The lowest BCUT2D eigenvalue weighted by Crippen LogP contribution is -2.17. The van der Waals surface area contributed by atoms with Crippen molar-refractivity contribution in [2.24, 2.45) is 0 Å². The van der Waals surface area contributed by atoms with Gasteiger partial charge >= 0.3 is 0 Å². The minimum absolute atomic E-state index is 0.187. The molecule has 2 N–H and O–H groups in total. The van der Waals surface area contributed by atoms with Crippen molar-refractivity contribution in [1.29, 1.82) is 0 Å². The number of aromatic nitrogens is 3. The number of thiophene rings is 1. The van der Waals surface area contributed by atoms with Crippen molar-refractivity contribution >= 4 is 11.3 Å². The Hall–Kier alpha value is -2.22. The van der Waals surface area contributed by atoms with Gasteiger partial charge in [0.2, 0.25) is 0 Å². The summed E-state index contributed by atoms with van der Waals surface area (Å²) in [5.74, 6) is 0.187. The Morgan fingerprint density at radius 2 is 1.92 bits per heavy atom. The summed E-state index contributed by atoms with van der Waals surface area (Å²) in [7, 11) is 0. The van der Waals surface area contributed by atoms with E-state index < -0.39 is 6.10 Å². The Labute approximate surface area is 156 Å². The van der Waals surface area contributed by atoms with Crippen LogP contribution in [0.15, 0.2) is 41.9 Å². The first-order valence-electron chi connectivity index (χ1n) is 8.84. The van der Waals surface area contributed by atoms with Gasteiger partial charge in [0, 0.05) is 6.54 Å². The molecule has 0 unspecified atom stereocenters. The van der Waals surface area contributed by atoms with E-state index >= 15 is 0 Å². The normalized spacial score (nSPS) is 16.2. The third-order valence-electron chi connectivity index (χ3n) is 4.69. The molecule has 3 heterocycles. The van der Waals surface area contributed by atoms with Gasteiger partial charge in [-0.2, -0.15) is 0 Å². The molecule has 1 fully saturated rings. The molecule has 0 saturated carbocycles. The average Bonchev–Trinajstić information content (AvgIpc) is 3.38. The van der Waals surface area contributed by atoms with Gasteiger partial charge in [0.15, 0.2) is 0 Å². The third kappa shape index (κ3) is 3.95. The number of likely N-dealkylation sites (tertiary alicyclic amines) is 1. The fourth-order valence-electron chi connectivity index (χ4n) is 3.27. The summed E-state index contributed by atoms with van der Waals surface area (Å²) in [6.45, 7) is 3.71. The predicted molar refractivity (Wildman–Crippen MR) is 101 cm³/mol. The minimum atomic E-state index is -0.695. The third-order valence-corrected chi connectivity index (χ3v) is 5.69. The van der Waals surface area contributed by atoms with Gasteiger partial charge < -0.3 is 10.2 Å². The number of rotatable bonds is 6. The summed E-state index contributed by atoms with van der Waals surface area (Å²) in [5.41, 5.74) is 2.90. The highest BCUT2D eigenvalue weighted by Crippen LogP contribution is 2.27. The van der Waals surface area contributed by atoms with Crippen molar-refractivity contribution in [3.63, 3.8) is 0 Å². The van der Waals surface area contributed by atoms with Gasteiger partial charge in [0.1, 0.15) is 11.4 Å². The SMILES string of the molecule is Oc1ccc([C@@H](O)Cn2cc(-c3cc(CN4CCCC4)cs3)nn2)cc1. The summed E-state index contributed by atoms with van der Waals surface area (Å²) < 4.78 is 1.66. The number of aromatic hydroxyl groups is 1. The van der Waals surface area contributed by atoms with Gasteiger partial charge in [-0.15, -0.1) is 16.4 Å². The highest BCUT2D eigenvalue weighted by molar-refractivity contribution is 7.13. The second kappa shape index (κ2) is 7.57. The number of aliphatic hydroxyl groups excluding tert-OH is 1. The monoisotopic (exact) mass is 370 g/mol. The smallest absolute Gasteiger partial charge is 0.122 e. The van der Waals surface area contributed by atoms with Gasteiger partial charge in [-0.25, -0.2) is 4.68 Å². The molecule has 0 bridgehead atoms. The standard InChI is InChI=1S/C19H22N4O2S/c24-16-5-3-15(4-6-16)18(25)12-23-11-17(20-21-23)19-9-14(13-26-19)10-22-7-1-2-8-22/h3-6,9,11,13,18,24-25H,1-2,7-8,10,12H2/t18-/m0/s1. The van der Waals surface area contributed by atoms with Gasteiger partial charge in [-0.3, -0.25) is 4.90 Å². The first-order valence-corrected chi connectivity index (χ1v) is 9.72. The van der Waals surface area contributed by atoms with Gasteiger partial charge in [-0.1, -0.05) is 17.3 Å². The lowest BCUT2D eigenvalue weighted by Gasteiger charge is -2.12. The Morgan fingerprint density at radius 1 is 1.15 bits per heavy atom. The van der Waals surface area contributed by atoms with Crippen LogP contribution in [0.3, 0.4) is 0 Å². The molecular weight excluding hydrogens is 348 g/mol. The van der Waals surface area contributed by atoms with Crippen molar-refractivity contribution in [3.05, 3.63) is 53.0 Å². The summed E-state index contributed by atoms with van der Waals surface area (Å²) >= 11 is 1.68. The largest absolute Gasteiger partial charge is 0.508 e. The van der Waals surface area contributed by atoms with E-state index in [4.69, 9.17) is 0 Å². The van der Waals surface area contributed by atoms with Crippen LogP contribution < -0.4 is 0 Å². The molecule has 1 aliphatic rings. The number of benzene rings is 1. The van der Waals surface area contributed by atoms with Crippen molar-refractivity contribution in [2.75, 3.05) is 13.1 Å². The molecule has 3 aromatic rings. The fourth-order valence-corrected chi connectivity index (χ4v) is 4.13. The number of hydrogen-bond donors (Lipinski definition) is 2. The van der Waals surface area contributed by atoms with Crippen molar-refractivity contribution in [3.8, 4) is 16.3 Å².